The molecule has 0 spiro atoms. The highest BCUT2D eigenvalue weighted by molar-refractivity contribution is 7.99. The van der Waals surface area contributed by atoms with Crippen LogP contribution in [0, 0.1) is 0 Å². The second-order valence-corrected chi connectivity index (χ2v) is 6.33. The average molecular weight is 341 g/mol. The van der Waals surface area contributed by atoms with Gasteiger partial charge < -0.3 is 5.11 Å². The Bertz CT molecular complexity index is 691. The summed E-state index contributed by atoms with van der Waals surface area (Å²) in [4.78, 5) is 35.2. The molecule has 1 N–H and O–H groups in total. The fourth-order valence-corrected chi connectivity index (χ4v) is 3.60. The van der Waals surface area contributed by atoms with Crippen molar-refractivity contribution in [3.8, 4) is 0 Å². The molecule has 0 saturated carbocycles. The van der Waals surface area contributed by atoms with Gasteiger partial charge in [0.2, 0.25) is 5.78 Å². The van der Waals surface area contributed by atoms with E-state index in [1.807, 2.05) is 12.1 Å². The highest BCUT2D eigenvalue weighted by Gasteiger charge is 2.20. The largest absolute Gasteiger partial charge is 0.475 e. The maximum absolute atomic E-state index is 12.0. The minimum Gasteiger partial charge on any atom is -0.475 e. The summed E-state index contributed by atoms with van der Waals surface area (Å²) < 4.78 is 0. The Labute approximate surface area is 133 Å². The number of rotatable bonds is 6. The summed E-state index contributed by atoms with van der Waals surface area (Å²) in [5, 5.41) is 12.6. The monoisotopic (exact) mass is 340 g/mol. The molecular weight excluding hydrogens is 332 g/mol. The Morgan fingerprint density at radius 1 is 1.14 bits per heavy atom. The van der Waals surface area contributed by atoms with Crippen LogP contribution < -0.4 is 0 Å². The van der Waals surface area contributed by atoms with Crippen molar-refractivity contribution >= 4 is 52.2 Å². The molecular formula is C14H9ClO4S2. The predicted molar refractivity (Wildman–Crippen MR) is 81.5 cm³/mol. The van der Waals surface area contributed by atoms with E-state index in [-0.39, 0.29) is 0 Å². The van der Waals surface area contributed by atoms with Crippen molar-refractivity contribution < 1.29 is 19.5 Å². The number of aliphatic carboxylic acids is 1. The number of carbonyl (C=O) groups is 3. The molecule has 1 heterocycles. The van der Waals surface area contributed by atoms with Gasteiger partial charge >= 0.3 is 5.97 Å². The number of carboxylic acids is 1. The van der Waals surface area contributed by atoms with Crippen molar-refractivity contribution in [3.63, 3.8) is 0 Å². The van der Waals surface area contributed by atoms with Crippen LogP contribution in [0.3, 0.4) is 0 Å². The van der Waals surface area contributed by atoms with Crippen molar-refractivity contribution in [1.29, 1.82) is 0 Å². The van der Waals surface area contributed by atoms with E-state index in [2.05, 4.69) is 0 Å². The van der Waals surface area contributed by atoms with E-state index >= 15 is 0 Å². The molecule has 0 aliphatic carbocycles. The molecule has 2 rings (SSSR count). The smallest absolute Gasteiger partial charge is 0.372 e. The summed E-state index contributed by atoms with van der Waals surface area (Å²) >= 11 is 8.50. The summed E-state index contributed by atoms with van der Waals surface area (Å²) in [6, 6.07) is 7.13. The van der Waals surface area contributed by atoms with Crippen molar-refractivity contribution in [2.24, 2.45) is 0 Å². The first kappa shape index (κ1) is 15.8. The molecule has 0 aliphatic heterocycles. The molecule has 1 aromatic heterocycles. The van der Waals surface area contributed by atoms with Gasteiger partial charge in [-0.25, -0.2) is 4.79 Å². The summed E-state index contributed by atoms with van der Waals surface area (Å²) in [5.74, 6) is -3.18. The number of ketones is 2. The van der Waals surface area contributed by atoms with E-state index in [1.165, 1.54) is 23.1 Å². The molecule has 7 heteroatoms. The second-order valence-electron chi connectivity index (χ2n) is 4.03. The normalized spacial score (nSPS) is 10.3. The lowest BCUT2D eigenvalue weighted by molar-refractivity contribution is -0.148. The number of benzene rings is 1. The third-order valence-electron chi connectivity index (χ3n) is 2.53. The number of carboxylic acid groups (broad SMARTS) is 1. The van der Waals surface area contributed by atoms with Crippen LogP contribution in [0.1, 0.15) is 16.8 Å². The number of hydrogen-bond acceptors (Lipinski definition) is 5. The van der Waals surface area contributed by atoms with Gasteiger partial charge in [-0.2, -0.15) is 11.3 Å². The van der Waals surface area contributed by atoms with E-state index in [0.29, 0.717) is 15.5 Å². The Morgan fingerprint density at radius 2 is 1.81 bits per heavy atom. The maximum Gasteiger partial charge on any atom is 0.372 e. The van der Waals surface area contributed by atoms with Crippen molar-refractivity contribution in [3.05, 3.63) is 45.6 Å². The topological polar surface area (TPSA) is 71.4 Å². The fraction of sp³-hybridized carbons (Fsp3) is 0.0714. The van der Waals surface area contributed by atoms with E-state index in [1.54, 1.807) is 22.9 Å². The summed E-state index contributed by atoms with van der Waals surface area (Å²) in [6.45, 7) is 0. The molecule has 0 saturated heterocycles. The molecule has 0 unspecified atom stereocenters. The van der Waals surface area contributed by atoms with Crippen LogP contribution in [0.25, 0.3) is 0 Å². The Balaban J connectivity index is 2.14. The van der Waals surface area contributed by atoms with Gasteiger partial charge in [0.05, 0.1) is 6.42 Å². The van der Waals surface area contributed by atoms with Gasteiger partial charge in [-0.3, -0.25) is 9.59 Å². The lowest BCUT2D eigenvalue weighted by atomic mass is 10.1. The molecule has 0 aliphatic rings. The van der Waals surface area contributed by atoms with Crippen molar-refractivity contribution in [2.45, 2.75) is 16.2 Å². The molecule has 4 nitrogen and oxygen atoms in total. The Kier molecular flexibility index (Phi) is 5.17. The first-order valence-electron chi connectivity index (χ1n) is 5.76. The van der Waals surface area contributed by atoms with Gasteiger partial charge in [-0.15, -0.1) is 0 Å². The lowest BCUT2D eigenvalue weighted by Crippen LogP contribution is -2.17. The quantitative estimate of drug-likeness (QED) is 0.492. The lowest BCUT2D eigenvalue weighted by Gasteiger charge is -2.03. The number of hydrogen-bond donors (Lipinski definition) is 1. The number of carbonyl (C=O) groups excluding carboxylic acids is 2. The van der Waals surface area contributed by atoms with E-state index in [0.717, 1.165) is 4.90 Å². The highest BCUT2D eigenvalue weighted by atomic mass is 35.5. The molecule has 108 valence electrons. The molecule has 0 amide bonds. The molecule has 2 aromatic rings. The van der Waals surface area contributed by atoms with Crippen LogP contribution in [-0.2, 0) is 9.59 Å². The second kappa shape index (κ2) is 6.89. The van der Waals surface area contributed by atoms with E-state index < -0.39 is 24.0 Å². The minimum atomic E-state index is -1.59. The zero-order chi connectivity index (χ0) is 15.4. The van der Waals surface area contributed by atoms with Crippen LogP contribution in [0.5, 0.6) is 0 Å². The van der Waals surface area contributed by atoms with Gasteiger partial charge in [0.25, 0.3) is 0 Å². The summed E-state index contributed by atoms with van der Waals surface area (Å²) in [7, 11) is 0. The summed E-state index contributed by atoms with van der Waals surface area (Å²) in [6.07, 6.45) is -0.625. The van der Waals surface area contributed by atoms with Gasteiger partial charge in [-0.1, -0.05) is 23.4 Å². The van der Waals surface area contributed by atoms with Crippen molar-refractivity contribution in [1.82, 2.24) is 0 Å². The molecule has 0 radical (unpaired) electrons. The van der Waals surface area contributed by atoms with E-state index in [9.17, 15) is 14.4 Å². The number of thiophene rings is 1. The SMILES string of the molecule is O=C(O)C(=O)CC(=O)c1cscc1Sc1ccc(Cl)cc1. The van der Waals surface area contributed by atoms with Gasteiger partial charge in [0.15, 0.2) is 5.78 Å². The molecule has 0 atom stereocenters. The fourth-order valence-electron chi connectivity index (χ4n) is 1.51. The van der Waals surface area contributed by atoms with Gasteiger partial charge in [-0.05, 0) is 24.3 Å². The molecule has 1 aromatic carbocycles. The maximum atomic E-state index is 12.0. The first-order valence-corrected chi connectivity index (χ1v) is 7.90. The first-order chi connectivity index (χ1) is 9.97. The number of halogens is 1. The summed E-state index contributed by atoms with van der Waals surface area (Å²) in [5.41, 5.74) is 0.370. The molecule has 0 fully saturated rings. The Hall–Kier alpha value is -1.63. The zero-order valence-corrected chi connectivity index (χ0v) is 12.9. The van der Waals surface area contributed by atoms with Gasteiger partial charge in [0, 0.05) is 31.1 Å². The average Bonchev–Trinajstić information content (AvgIpc) is 2.89. The van der Waals surface area contributed by atoms with Crippen LogP contribution in [0.15, 0.2) is 44.8 Å². The van der Waals surface area contributed by atoms with E-state index in [4.69, 9.17) is 16.7 Å². The molecule has 21 heavy (non-hydrogen) atoms. The minimum absolute atomic E-state index is 0.370. The zero-order valence-electron chi connectivity index (χ0n) is 10.5. The Morgan fingerprint density at radius 3 is 2.43 bits per heavy atom. The highest BCUT2D eigenvalue weighted by Crippen LogP contribution is 2.34. The molecule has 0 bridgehead atoms. The van der Waals surface area contributed by atoms with Gasteiger partial charge in [0.1, 0.15) is 0 Å². The third-order valence-corrected chi connectivity index (χ3v) is 4.74. The predicted octanol–water partition coefficient (Wildman–Crippen LogP) is 3.78. The number of Topliss-reactive ketones (excluding diaryl/α,β-unsaturated/α-hetero) is 2. The van der Waals surface area contributed by atoms with Crippen molar-refractivity contribution in [2.75, 3.05) is 0 Å². The third kappa shape index (κ3) is 4.17. The van der Waals surface area contributed by atoms with Crippen LogP contribution >= 0.6 is 34.7 Å². The standard InChI is InChI=1S/C14H9ClO4S2/c15-8-1-3-9(4-2-8)21-13-7-20-6-10(13)11(16)5-12(17)14(18)19/h1-4,6-7H,5H2,(H,18,19). The van der Waals surface area contributed by atoms with Crippen LogP contribution in [0.2, 0.25) is 5.02 Å². The van der Waals surface area contributed by atoms with Crippen LogP contribution in [-0.4, -0.2) is 22.6 Å². The van der Waals surface area contributed by atoms with Crippen LogP contribution in [0.4, 0.5) is 0 Å².